The summed E-state index contributed by atoms with van der Waals surface area (Å²) < 4.78 is 24.8. The molecule has 0 aliphatic rings. The van der Waals surface area contributed by atoms with Crippen molar-refractivity contribution in [3.8, 4) is 0 Å². The molecule has 0 saturated heterocycles. The molecule has 0 saturated carbocycles. The van der Waals surface area contributed by atoms with Gasteiger partial charge >= 0.3 is 0 Å². The van der Waals surface area contributed by atoms with Gasteiger partial charge in [-0.25, -0.2) is 8.42 Å². The van der Waals surface area contributed by atoms with E-state index in [1.54, 1.807) is 4.90 Å². The van der Waals surface area contributed by atoms with Crippen LogP contribution in [0.2, 0.25) is 0 Å². The smallest absolute Gasteiger partial charge is 0.237 e. The zero-order valence-electron chi connectivity index (χ0n) is 12.8. The molecule has 0 bridgehead atoms. The Morgan fingerprint density at radius 2 is 1.58 bits per heavy atom. The SMILES string of the molecule is CCCN(CCC)C(=O)CN(C(C)CC)S(C)(=O)=O. The van der Waals surface area contributed by atoms with E-state index in [0.717, 1.165) is 19.1 Å². The summed E-state index contributed by atoms with van der Waals surface area (Å²) in [6.07, 6.45) is 3.63. The lowest BCUT2D eigenvalue weighted by atomic mass is 10.2. The average molecular weight is 292 g/mol. The molecule has 0 radical (unpaired) electrons. The van der Waals surface area contributed by atoms with E-state index in [2.05, 4.69) is 0 Å². The van der Waals surface area contributed by atoms with Crippen molar-refractivity contribution in [3.05, 3.63) is 0 Å². The fourth-order valence-corrected chi connectivity index (χ4v) is 3.09. The van der Waals surface area contributed by atoms with Crippen LogP contribution >= 0.6 is 0 Å². The maximum Gasteiger partial charge on any atom is 0.237 e. The van der Waals surface area contributed by atoms with Gasteiger partial charge in [0.1, 0.15) is 0 Å². The van der Waals surface area contributed by atoms with E-state index in [9.17, 15) is 13.2 Å². The molecule has 1 atom stereocenters. The molecule has 0 aromatic carbocycles. The molecule has 0 heterocycles. The Bertz CT molecular complexity index is 362. The van der Waals surface area contributed by atoms with Gasteiger partial charge in [0.15, 0.2) is 0 Å². The first-order valence-electron chi connectivity index (χ1n) is 7.02. The number of amides is 1. The minimum atomic E-state index is -3.35. The fraction of sp³-hybridized carbons (Fsp3) is 0.923. The first kappa shape index (κ1) is 18.4. The lowest BCUT2D eigenvalue weighted by Gasteiger charge is -2.29. The molecule has 0 N–H and O–H groups in total. The van der Waals surface area contributed by atoms with E-state index in [4.69, 9.17) is 0 Å². The van der Waals surface area contributed by atoms with Gasteiger partial charge in [0.05, 0.1) is 12.8 Å². The molecule has 0 aliphatic heterocycles. The lowest BCUT2D eigenvalue weighted by Crippen LogP contribution is -2.46. The minimum absolute atomic E-state index is 0.0478. The predicted molar refractivity (Wildman–Crippen MR) is 78.5 cm³/mol. The van der Waals surface area contributed by atoms with Crippen LogP contribution in [0, 0.1) is 0 Å². The molecule has 5 nitrogen and oxygen atoms in total. The highest BCUT2D eigenvalue weighted by Crippen LogP contribution is 2.10. The zero-order chi connectivity index (χ0) is 15.1. The Hall–Kier alpha value is -0.620. The van der Waals surface area contributed by atoms with Gasteiger partial charge in [0.25, 0.3) is 0 Å². The molecule has 0 aromatic rings. The van der Waals surface area contributed by atoms with Crippen LogP contribution in [0.15, 0.2) is 0 Å². The Kier molecular flexibility index (Phi) is 8.25. The van der Waals surface area contributed by atoms with Gasteiger partial charge in [-0.05, 0) is 26.2 Å². The minimum Gasteiger partial charge on any atom is -0.342 e. The van der Waals surface area contributed by atoms with Crippen LogP contribution in [0.5, 0.6) is 0 Å². The summed E-state index contributed by atoms with van der Waals surface area (Å²) in [5.41, 5.74) is 0. The Morgan fingerprint density at radius 3 is 1.89 bits per heavy atom. The molecular formula is C13H28N2O3S. The number of hydrogen-bond donors (Lipinski definition) is 0. The quantitative estimate of drug-likeness (QED) is 0.650. The second kappa shape index (κ2) is 8.53. The topological polar surface area (TPSA) is 57.7 Å². The maximum atomic E-state index is 12.2. The van der Waals surface area contributed by atoms with Crippen molar-refractivity contribution in [2.75, 3.05) is 25.9 Å². The molecule has 0 aromatic heterocycles. The van der Waals surface area contributed by atoms with Gasteiger partial charge in [-0.1, -0.05) is 20.8 Å². The molecule has 6 heteroatoms. The number of carbonyl (C=O) groups excluding carboxylic acids is 1. The third-order valence-electron chi connectivity index (χ3n) is 3.14. The molecule has 0 spiro atoms. The Morgan fingerprint density at radius 1 is 1.11 bits per heavy atom. The molecule has 1 amide bonds. The fourth-order valence-electron chi connectivity index (χ4n) is 1.94. The van der Waals surface area contributed by atoms with E-state index in [1.165, 1.54) is 4.31 Å². The van der Waals surface area contributed by atoms with Crippen LogP contribution < -0.4 is 0 Å². The number of sulfonamides is 1. The summed E-state index contributed by atoms with van der Waals surface area (Å²) in [6.45, 7) is 9.10. The highest BCUT2D eigenvalue weighted by Gasteiger charge is 2.26. The van der Waals surface area contributed by atoms with Gasteiger partial charge in [0.2, 0.25) is 15.9 Å². The van der Waals surface area contributed by atoms with Crippen LogP contribution in [0.3, 0.4) is 0 Å². The molecular weight excluding hydrogens is 264 g/mol. The molecule has 0 rings (SSSR count). The van der Waals surface area contributed by atoms with Crippen molar-refractivity contribution in [3.63, 3.8) is 0 Å². The predicted octanol–water partition coefficient (Wildman–Crippen LogP) is 1.70. The maximum absolute atomic E-state index is 12.2. The number of nitrogens with zero attached hydrogens (tertiary/aromatic N) is 2. The summed E-state index contributed by atoms with van der Waals surface area (Å²) in [7, 11) is -3.35. The van der Waals surface area contributed by atoms with Gasteiger partial charge in [-0.2, -0.15) is 4.31 Å². The second-order valence-electron chi connectivity index (χ2n) is 4.95. The van der Waals surface area contributed by atoms with Crippen molar-refractivity contribution in [2.24, 2.45) is 0 Å². The Balaban J connectivity index is 4.87. The van der Waals surface area contributed by atoms with E-state index < -0.39 is 10.0 Å². The van der Waals surface area contributed by atoms with Crippen LogP contribution in [0.1, 0.15) is 47.0 Å². The summed E-state index contributed by atoms with van der Waals surface area (Å²) in [5, 5.41) is 0. The lowest BCUT2D eigenvalue weighted by molar-refractivity contribution is -0.131. The molecule has 19 heavy (non-hydrogen) atoms. The molecule has 114 valence electrons. The zero-order valence-corrected chi connectivity index (χ0v) is 13.7. The molecule has 1 unspecified atom stereocenters. The van der Waals surface area contributed by atoms with Gasteiger partial charge in [0, 0.05) is 19.1 Å². The second-order valence-corrected chi connectivity index (χ2v) is 6.88. The van der Waals surface area contributed by atoms with Crippen molar-refractivity contribution >= 4 is 15.9 Å². The number of hydrogen-bond acceptors (Lipinski definition) is 3. The highest BCUT2D eigenvalue weighted by atomic mass is 32.2. The first-order chi connectivity index (χ1) is 8.77. The van der Waals surface area contributed by atoms with Crippen LogP contribution in [0.25, 0.3) is 0 Å². The summed E-state index contributed by atoms with van der Waals surface area (Å²) in [5.74, 6) is -0.102. The van der Waals surface area contributed by atoms with Gasteiger partial charge < -0.3 is 4.90 Å². The van der Waals surface area contributed by atoms with E-state index >= 15 is 0 Å². The van der Waals surface area contributed by atoms with Crippen LogP contribution in [-0.2, 0) is 14.8 Å². The average Bonchev–Trinajstić information content (AvgIpc) is 2.33. The van der Waals surface area contributed by atoms with E-state index in [-0.39, 0.29) is 18.5 Å². The highest BCUT2D eigenvalue weighted by molar-refractivity contribution is 7.88. The monoisotopic (exact) mass is 292 g/mol. The van der Waals surface area contributed by atoms with Gasteiger partial charge in [-0.15, -0.1) is 0 Å². The number of carbonyl (C=O) groups is 1. The van der Waals surface area contributed by atoms with Gasteiger partial charge in [-0.3, -0.25) is 4.79 Å². The standard InChI is InChI=1S/C13H28N2O3S/c1-6-9-14(10-7-2)13(16)11-15(12(4)8-3)19(5,17)18/h12H,6-11H2,1-5H3. The third-order valence-corrected chi connectivity index (χ3v) is 4.48. The largest absolute Gasteiger partial charge is 0.342 e. The normalized spacial score (nSPS) is 13.6. The summed E-state index contributed by atoms with van der Waals surface area (Å²) >= 11 is 0. The van der Waals surface area contributed by atoms with E-state index in [0.29, 0.717) is 19.5 Å². The van der Waals surface area contributed by atoms with E-state index in [1.807, 2.05) is 27.7 Å². The third kappa shape index (κ3) is 6.38. The Labute approximate surface area is 118 Å². The van der Waals surface area contributed by atoms with Crippen molar-refractivity contribution in [1.82, 2.24) is 9.21 Å². The molecule has 0 fully saturated rings. The van der Waals surface area contributed by atoms with Crippen molar-refractivity contribution < 1.29 is 13.2 Å². The number of rotatable bonds is 9. The van der Waals surface area contributed by atoms with Crippen molar-refractivity contribution in [2.45, 2.75) is 53.0 Å². The summed E-state index contributed by atoms with van der Waals surface area (Å²) in [4.78, 5) is 14.0. The van der Waals surface area contributed by atoms with Crippen molar-refractivity contribution in [1.29, 1.82) is 0 Å². The van der Waals surface area contributed by atoms with Crippen LogP contribution in [0.4, 0.5) is 0 Å². The summed E-state index contributed by atoms with van der Waals surface area (Å²) in [6, 6.07) is -0.149. The molecule has 0 aliphatic carbocycles. The van der Waals surface area contributed by atoms with Crippen LogP contribution in [-0.4, -0.2) is 55.5 Å². The first-order valence-corrected chi connectivity index (χ1v) is 8.87.